The Labute approximate surface area is 137 Å². The average molecular weight is 310 g/mol. The largest absolute Gasteiger partial charge is 0.372 e. The van der Waals surface area contributed by atoms with Crippen molar-refractivity contribution in [1.29, 1.82) is 0 Å². The lowest BCUT2D eigenvalue weighted by molar-refractivity contribution is 0.123. The van der Waals surface area contributed by atoms with E-state index in [1.165, 1.54) is 0 Å². The summed E-state index contributed by atoms with van der Waals surface area (Å²) in [6.07, 6.45) is 1.51. The second kappa shape index (κ2) is 9.38. The summed E-state index contributed by atoms with van der Waals surface area (Å²) in [4.78, 5) is 0. The molecule has 2 N–H and O–H groups in total. The lowest BCUT2D eigenvalue weighted by atomic mass is 10.2. The lowest BCUT2D eigenvalue weighted by Gasteiger charge is -2.12. The molecule has 0 spiro atoms. The second-order valence-electron chi connectivity index (χ2n) is 4.85. The Morgan fingerprint density at radius 2 is 1.57 bits per heavy atom. The Hall–Kier alpha value is -2.66. The predicted octanol–water partition coefficient (Wildman–Crippen LogP) is 3.98. The van der Waals surface area contributed by atoms with Crippen molar-refractivity contribution in [2.24, 2.45) is 10.2 Å². The predicted molar refractivity (Wildman–Crippen MR) is 97.1 cm³/mol. The summed E-state index contributed by atoms with van der Waals surface area (Å²) >= 11 is 0. The molecule has 0 aromatic heterocycles. The first-order valence-electron chi connectivity index (χ1n) is 7.64. The highest BCUT2D eigenvalue weighted by molar-refractivity contribution is 6.32. The van der Waals surface area contributed by atoms with Crippen molar-refractivity contribution < 1.29 is 4.74 Å². The van der Waals surface area contributed by atoms with Gasteiger partial charge in [-0.15, -0.1) is 0 Å². The molecule has 0 saturated heterocycles. The van der Waals surface area contributed by atoms with Crippen LogP contribution in [0.15, 0.2) is 70.9 Å². The van der Waals surface area contributed by atoms with Crippen LogP contribution in [0.2, 0.25) is 0 Å². The molecule has 0 aliphatic rings. The average Bonchev–Trinajstić information content (AvgIpc) is 2.60. The fourth-order valence-corrected chi connectivity index (χ4v) is 1.89. The third-order valence-corrected chi connectivity index (χ3v) is 3.09. The maximum Gasteiger partial charge on any atom is 0.109 e. The van der Waals surface area contributed by atoms with Gasteiger partial charge in [0.1, 0.15) is 11.8 Å². The van der Waals surface area contributed by atoms with Crippen LogP contribution in [0.4, 0.5) is 11.4 Å². The molecular weight excluding hydrogens is 288 g/mol. The van der Waals surface area contributed by atoms with Crippen LogP contribution in [0.5, 0.6) is 0 Å². The Balaban J connectivity index is 2.04. The smallest absolute Gasteiger partial charge is 0.109 e. The minimum atomic E-state index is -0.155. The van der Waals surface area contributed by atoms with E-state index in [1.54, 1.807) is 6.21 Å². The molecule has 0 amide bonds. The Kier molecular flexibility index (Phi) is 6.81. The lowest BCUT2D eigenvalue weighted by Crippen LogP contribution is -2.23. The van der Waals surface area contributed by atoms with Crippen LogP contribution in [-0.4, -0.2) is 24.6 Å². The molecule has 1 unspecified atom stereocenters. The van der Waals surface area contributed by atoms with E-state index in [0.29, 0.717) is 12.3 Å². The number of nitrogens with one attached hydrogen (secondary N) is 2. The van der Waals surface area contributed by atoms with E-state index in [2.05, 4.69) is 21.1 Å². The van der Waals surface area contributed by atoms with Crippen LogP contribution in [-0.2, 0) is 4.74 Å². The zero-order chi connectivity index (χ0) is 16.3. The van der Waals surface area contributed by atoms with Crippen molar-refractivity contribution in [3.8, 4) is 0 Å². The molecule has 2 aromatic rings. The van der Waals surface area contributed by atoms with Crippen LogP contribution in [0.25, 0.3) is 0 Å². The van der Waals surface area contributed by atoms with E-state index in [0.717, 1.165) is 11.4 Å². The van der Waals surface area contributed by atoms with E-state index in [9.17, 15) is 0 Å². The highest BCUT2D eigenvalue weighted by Crippen LogP contribution is 2.06. The van der Waals surface area contributed by atoms with Gasteiger partial charge in [0, 0.05) is 6.61 Å². The van der Waals surface area contributed by atoms with Gasteiger partial charge in [0.2, 0.25) is 0 Å². The van der Waals surface area contributed by atoms with Gasteiger partial charge in [-0.25, -0.2) is 0 Å². The first-order valence-corrected chi connectivity index (χ1v) is 7.64. The molecule has 0 aliphatic heterocycles. The van der Waals surface area contributed by atoms with E-state index in [-0.39, 0.29) is 6.10 Å². The highest BCUT2D eigenvalue weighted by Gasteiger charge is 2.08. The molecule has 0 radical (unpaired) electrons. The van der Waals surface area contributed by atoms with Gasteiger partial charge in [-0.2, -0.15) is 10.2 Å². The van der Waals surface area contributed by atoms with E-state index in [1.807, 2.05) is 74.5 Å². The topological polar surface area (TPSA) is 58.0 Å². The second-order valence-corrected chi connectivity index (χ2v) is 4.85. The quantitative estimate of drug-likeness (QED) is 0.573. The summed E-state index contributed by atoms with van der Waals surface area (Å²) in [5.74, 6) is 0. The zero-order valence-electron chi connectivity index (χ0n) is 13.4. The standard InChI is InChI=1S/C18H22N4O/c1-3-23-15(2)18(22-21-17-12-8-5-9-13-17)14-19-20-16-10-6-4-7-11-16/h4-15,20-21H,3H2,1-2H3/b19-14+,22-18+. The SMILES string of the molecule is CCOC(C)C(/C=N/Nc1ccccc1)=N/Nc1ccccc1. The van der Waals surface area contributed by atoms with Crippen molar-refractivity contribution in [3.63, 3.8) is 0 Å². The summed E-state index contributed by atoms with van der Waals surface area (Å²) in [6, 6.07) is 19.5. The summed E-state index contributed by atoms with van der Waals surface area (Å²) in [7, 11) is 0. The normalized spacial score (nSPS) is 13.0. The number of rotatable bonds is 8. The number of hydrogen-bond acceptors (Lipinski definition) is 5. The Bertz CT molecular complexity index is 626. The Morgan fingerprint density at radius 1 is 1.00 bits per heavy atom. The number of hydrogen-bond donors (Lipinski definition) is 2. The monoisotopic (exact) mass is 310 g/mol. The third kappa shape index (κ3) is 5.92. The van der Waals surface area contributed by atoms with Crippen LogP contribution >= 0.6 is 0 Å². The van der Waals surface area contributed by atoms with Gasteiger partial charge in [0.25, 0.3) is 0 Å². The van der Waals surface area contributed by atoms with Gasteiger partial charge in [0.15, 0.2) is 0 Å². The molecule has 23 heavy (non-hydrogen) atoms. The van der Waals surface area contributed by atoms with Gasteiger partial charge >= 0.3 is 0 Å². The molecular formula is C18H22N4O. The fourth-order valence-electron chi connectivity index (χ4n) is 1.89. The summed E-state index contributed by atoms with van der Waals surface area (Å²) in [5.41, 5.74) is 8.54. The summed E-state index contributed by atoms with van der Waals surface area (Å²) in [5, 5.41) is 8.63. The van der Waals surface area contributed by atoms with Gasteiger partial charge in [0.05, 0.1) is 17.6 Å². The van der Waals surface area contributed by atoms with Crippen LogP contribution in [0.1, 0.15) is 13.8 Å². The number of hydrazone groups is 2. The van der Waals surface area contributed by atoms with E-state index < -0.39 is 0 Å². The van der Waals surface area contributed by atoms with Gasteiger partial charge in [-0.05, 0) is 38.1 Å². The summed E-state index contributed by atoms with van der Waals surface area (Å²) in [6.45, 7) is 4.52. The van der Waals surface area contributed by atoms with Crippen LogP contribution in [0, 0.1) is 0 Å². The zero-order valence-corrected chi connectivity index (χ0v) is 13.4. The Morgan fingerprint density at radius 3 is 2.13 bits per heavy atom. The molecule has 2 rings (SSSR count). The van der Waals surface area contributed by atoms with Crippen molar-refractivity contribution in [3.05, 3.63) is 60.7 Å². The number of anilines is 2. The molecule has 5 heteroatoms. The van der Waals surface area contributed by atoms with Crippen molar-refractivity contribution in [2.45, 2.75) is 20.0 Å². The molecule has 5 nitrogen and oxygen atoms in total. The minimum absolute atomic E-state index is 0.155. The van der Waals surface area contributed by atoms with Crippen molar-refractivity contribution in [2.75, 3.05) is 17.5 Å². The molecule has 0 aliphatic carbocycles. The molecule has 120 valence electrons. The van der Waals surface area contributed by atoms with Gasteiger partial charge < -0.3 is 4.74 Å². The maximum absolute atomic E-state index is 5.61. The van der Waals surface area contributed by atoms with E-state index >= 15 is 0 Å². The molecule has 0 saturated carbocycles. The maximum atomic E-state index is 5.61. The minimum Gasteiger partial charge on any atom is -0.372 e. The summed E-state index contributed by atoms with van der Waals surface area (Å²) < 4.78 is 5.61. The molecule has 2 aromatic carbocycles. The molecule has 0 heterocycles. The van der Waals surface area contributed by atoms with Gasteiger partial charge in [-0.3, -0.25) is 10.9 Å². The molecule has 0 fully saturated rings. The van der Waals surface area contributed by atoms with E-state index in [4.69, 9.17) is 4.74 Å². The number of para-hydroxylation sites is 2. The molecule has 1 atom stereocenters. The van der Waals surface area contributed by atoms with Gasteiger partial charge in [-0.1, -0.05) is 36.4 Å². The molecule has 0 bridgehead atoms. The highest BCUT2D eigenvalue weighted by atomic mass is 16.5. The van der Waals surface area contributed by atoms with Crippen LogP contribution in [0.3, 0.4) is 0 Å². The first-order chi connectivity index (χ1) is 11.3. The number of benzene rings is 2. The third-order valence-electron chi connectivity index (χ3n) is 3.09. The van der Waals surface area contributed by atoms with Crippen molar-refractivity contribution >= 4 is 23.3 Å². The first kappa shape index (κ1) is 16.7. The van der Waals surface area contributed by atoms with Crippen molar-refractivity contribution in [1.82, 2.24) is 0 Å². The van der Waals surface area contributed by atoms with Crippen LogP contribution < -0.4 is 10.9 Å². The number of nitrogens with zero attached hydrogens (tertiary/aromatic N) is 2. The fraction of sp³-hybridized carbons (Fsp3) is 0.222. The number of ether oxygens (including phenoxy) is 1.